The Labute approximate surface area is 193 Å². The van der Waals surface area contributed by atoms with E-state index >= 15 is 0 Å². The predicted molar refractivity (Wildman–Crippen MR) is 126 cm³/mol. The molecule has 2 unspecified atom stereocenters. The van der Waals surface area contributed by atoms with E-state index in [9.17, 15) is 9.18 Å². The zero-order chi connectivity index (χ0) is 22.9. The highest BCUT2D eigenvalue weighted by Gasteiger charge is 2.22. The number of carbonyl (C=O) groups is 1. The van der Waals surface area contributed by atoms with Crippen molar-refractivity contribution in [1.29, 1.82) is 0 Å². The van der Waals surface area contributed by atoms with Crippen LogP contribution in [0.4, 0.5) is 10.3 Å². The molecule has 1 aliphatic rings. The Hall–Kier alpha value is -2.83. The Morgan fingerprint density at radius 1 is 1.09 bits per heavy atom. The maximum atomic E-state index is 13.2. The van der Waals surface area contributed by atoms with E-state index in [1.807, 2.05) is 24.3 Å². The monoisotopic (exact) mass is 455 g/mol. The van der Waals surface area contributed by atoms with Gasteiger partial charge in [-0.2, -0.15) is 0 Å². The van der Waals surface area contributed by atoms with Gasteiger partial charge < -0.3 is 14.8 Å². The molecule has 0 radical (unpaired) electrons. The van der Waals surface area contributed by atoms with Crippen molar-refractivity contribution >= 4 is 23.8 Å². The van der Waals surface area contributed by atoms with Gasteiger partial charge in [0.15, 0.2) is 0 Å². The zero-order valence-electron chi connectivity index (χ0n) is 18.2. The van der Waals surface area contributed by atoms with Crippen LogP contribution in [-0.4, -0.2) is 36.5 Å². The number of anilines is 1. The van der Waals surface area contributed by atoms with Crippen LogP contribution in [-0.2, 0) is 9.53 Å². The lowest BCUT2D eigenvalue weighted by Crippen LogP contribution is -2.28. The van der Waals surface area contributed by atoms with Crippen LogP contribution in [0, 0.1) is 11.7 Å². The van der Waals surface area contributed by atoms with Gasteiger partial charge in [0, 0.05) is 31.7 Å². The third-order valence-electron chi connectivity index (χ3n) is 5.30. The summed E-state index contributed by atoms with van der Waals surface area (Å²) in [6.07, 6.45) is 6.39. The van der Waals surface area contributed by atoms with Gasteiger partial charge in [0.05, 0.1) is 16.9 Å². The number of hydrogen-bond acceptors (Lipinski definition) is 5. The quantitative estimate of drug-likeness (QED) is 0.475. The van der Waals surface area contributed by atoms with E-state index < -0.39 is 0 Å². The third-order valence-corrected chi connectivity index (χ3v) is 5.57. The van der Waals surface area contributed by atoms with Crippen molar-refractivity contribution in [3.05, 3.63) is 65.6 Å². The van der Waals surface area contributed by atoms with Crippen LogP contribution in [0.25, 0.3) is 22.4 Å². The molecule has 0 amide bonds. The average molecular weight is 456 g/mol. The first-order valence-corrected chi connectivity index (χ1v) is 10.9. The van der Waals surface area contributed by atoms with E-state index in [-0.39, 0.29) is 17.8 Å². The summed E-state index contributed by atoms with van der Waals surface area (Å²) in [6.45, 7) is 0. The Bertz CT molecular complexity index is 1030. The standard InChI is InChI=1S/C23H21ClFN3O.C2H6O/c24-21-13-26-23(27-20-6-1-3-15(11-20)14-29)28-22(21)18-5-2-4-17(12-18)16-7-9-19(25)10-8-16;1-3-2/h2,4-5,7-10,12-15,20H,1,3,6,11H2,(H,26,27,28);1-2H3. The van der Waals surface area contributed by atoms with Crippen molar-refractivity contribution in [3.8, 4) is 22.4 Å². The van der Waals surface area contributed by atoms with Crippen molar-refractivity contribution in [2.24, 2.45) is 5.92 Å². The lowest BCUT2D eigenvalue weighted by molar-refractivity contribution is -0.111. The van der Waals surface area contributed by atoms with Crippen LogP contribution in [0.2, 0.25) is 5.02 Å². The van der Waals surface area contributed by atoms with Crippen LogP contribution in [0.1, 0.15) is 25.7 Å². The second-order valence-electron chi connectivity index (χ2n) is 7.79. The van der Waals surface area contributed by atoms with E-state index in [0.29, 0.717) is 16.7 Å². The van der Waals surface area contributed by atoms with Gasteiger partial charge in [-0.05, 0) is 48.6 Å². The number of halogens is 2. The fourth-order valence-electron chi connectivity index (χ4n) is 3.79. The van der Waals surface area contributed by atoms with E-state index in [1.54, 1.807) is 32.5 Å². The molecule has 0 spiro atoms. The molecular weight excluding hydrogens is 429 g/mol. The van der Waals surface area contributed by atoms with E-state index in [2.05, 4.69) is 20.0 Å². The van der Waals surface area contributed by atoms with Gasteiger partial charge in [-0.15, -0.1) is 0 Å². The number of hydrogen-bond donors (Lipinski definition) is 1. The lowest BCUT2D eigenvalue weighted by Gasteiger charge is -2.26. The van der Waals surface area contributed by atoms with Crippen LogP contribution in [0.15, 0.2) is 54.7 Å². The molecule has 168 valence electrons. The summed E-state index contributed by atoms with van der Waals surface area (Å²) in [5, 5.41) is 3.81. The number of benzene rings is 2. The first-order chi connectivity index (χ1) is 15.5. The molecule has 0 bridgehead atoms. The van der Waals surface area contributed by atoms with Crippen LogP contribution < -0.4 is 5.32 Å². The molecule has 2 atom stereocenters. The molecule has 1 N–H and O–H groups in total. The Morgan fingerprint density at radius 3 is 2.53 bits per heavy atom. The Balaban J connectivity index is 0.000000913. The molecule has 1 saturated carbocycles. The number of aldehydes is 1. The molecular formula is C25H27ClFN3O2. The molecule has 0 saturated heterocycles. The maximum absolute atomic E-state index is 13.2. The first-order valence-electron chi connectivity index (χ1n) is 10.5. The van der Waals surface area contributed by atoms with Gasteiger partial charge in [-0.3, -0.25) is 0 Å². The maximum Gasteiger partial charge on any atom is 0.223 e. The van der Waals surface area contributed by atoms with E-state index in [1.165, 1.54) is 12.1 Å². The molecule has 2 aromatic carbocycles. The number of aromatic nitrogens is 2. The molecule has 7 heteroatoms. The summed E-state index contributed by atoms with van der Waals surface area (Å²) in [4.78, 5) is 20.1. The molecule has 3 aromatic rings. The van der Waals surface area contributed by atoms with Crippen LogP contribution >= 0.6 is 11.6 Å². The van der Waals surface area contributed by atoms with Gasteiger partial charge in [0.1, 0.15) is 12.1 Å². The normalized spacial score (nSPS) is 17.8. The number of nitrogens with zero attached hydrogens (tertiary/aromatic N) is 2. The summed E-state index contributed by atoms with van der Waals surface area (Å²) in [5.74, 6) is 0.340. The lowest BCUT2D eigenvalue weighted by atomic mass is 9.87. The fraction of sp³-hybridized carbons (Fsp3) is 0.320. The average Bonchev–Trinajstić information content (AvgIpc) is 2.81. The molecule has 1 heterocycles. The van der Waals surface area contributed by atoms with E-state index in [0.717, 1.165) is 48.7 Å². The highest BCUT2D eigenvalue weighted by Crippen LogP contribution is 2.31. The van der Waals surface area contributed by atoms with Gasteiger partial charge in [-0.1, -0.05) is 48.4 Å². The summed E-state index contributed by atoms with van der Waals surface area (Å²) < 4.78 is 17.5. The second-order valence-corrected chi connectivity index (χ2v) is 8.20. The van der Waals surface area contributed by atoms with Gasteiger partial charge >= 0.3 is 0 Å². The van der Waals surface area contributed by atoms with E-state index in [4.69, 9.17) is 11.6 Å². The van der Waals surface area contributed by atoms with Gasteiger partial charge in [0.2, 0.25) is 5.95 Å². The number of nitrogens with one attached hydrogen (secondary N) is 1. The molecule has 0 aliphatic heterocycles. The number of carbonyl (C=O) groups excluding carboxylic acids is 1. The smallest absolute Gasteiger partial charge is 0.223 e. The molecule has 5 nitrogen and oxygen atoms in total. The summed E-state index contributed by atoms with van der Waals surface area (Å²) in [6, 6.07) is 14.4. The summed E-state index contributed by atoms with van der Waals surface area (Å²) >= 11 is 6.39. The molecule has 32 heavy (non-hydrogen) atoms. The van der Waals surface area contributed by atoms with Gasteiger partial charge in [-0.25, -0.2) is 14.4 Å². The summed E-state index contributed by atoms with van der Waals surface area (Å²) in [7, 11) is 3.25. The highest BCUT2D eigenvalue weighted by molar-refractivity contribution is 6.32. The van der Waals surface area contributed by atoms with Crippen molar-refractivity contribution < 1.29 is 13.9 Å². The second kappa shape index (κ2) is 11.7. The molecule has 1 aliphatic carbocycles. The van der Waals surface area contributed by atoms with Crippen molar-refractivity contribution in [3.63, 3.8) is 0 Å². The molecule has 4 rings (SSSR count). The Kier molecular flexibility index (Phi) is 8.71. The number of ether oxygens (including phenoxy) is 1. The van der Waals surface area contributed by atoms with Crippen molar-refractivity contribution in [1.82, 2.24) is 9.97 Å². The van der Waals surface area contributed by atoms with Crippen molar-refractivity contribution in [2.45, 2.75) is 31.7 Å². The third kappa shape index (κ3) is 6.34. The van der Waals surface area contributed by atoms with Crippen molar-refractivity contribution in [2.75, 3.05) is 19.5 Å². The minimum atomic E-state index is -0.265. The Morgan fingerprint density at radius 2 is 1.81 bits per heavy atom. The SMILES string of the molecule is COC.O=CC1CCCC(Nc2ncc(Cl)c(-c3cccc(-c4ccc(F)cc4)c3)n2)C1. The molecule has 1 fully saturated rings. The van der Waals surface area contributed by atoms with Crippen LogP contribution in [0.5, 0.6) is 0 Å². The minimum absolute atomic E-state index is 0.0976. The highest BCUT2D eigenvalue weighted by atomic mass is 35.5. The number of rotatable bonds is 5. The molecule has 1 aromatic heterocycles. The largest absolute Gasteiger partial charge is 0.388 e. The zero-order valence-corrected chi connectivity index (χ0v) is 19.0. The predicted octanol–water partition coefficient (Wildman–Crippen LogP) is 6.04. The van der Waals surface area contributed by atoms with Crippen LogP contribution in [0.3, 0.4) is 0 Å². The topological polar surface area (TPSA) is 64.1 Å². The minimum Gasteiger partial charge on any atom is -0.388 e. The van der Waals surface area contributed by atoms with Gasteiger partial charge in [0.25, 0.3) is 0 Å². The fourth-order valence-corrected chi connectivity index (χ4v) is 3.99. The first kappa shape index (κ1) is 23.8. The summed E-state index contributed by atoms with van der Waals surface area (Å²) in [5.41, 5.74) is 3.36. The number of methoxy groups -OCH3 is 1.